The van der Waals surface area contributed by atoms with Gasteiger partial charge in [0.15, 0.2) is 0 Å². The minimum atomic E-state index is -1.10. The maximum absolute atomic E-state index is 12.3. The van der Waals surface area contributed by atoms with E-state index in [1.165, 1.54) is 7.11 Å². The summed E-state index contributed by atoms with van der Waals surface area (Å²) in [5.41, 5.74) is 5.42. The minimum absolute atomic E-state index is 0.167. The summed E-state index contributed by atoms with van der Waals surface area (Å²) in [5, 5.41) is 13.9. The predicted octanol–water partition coefficient (Wildman–Crippen LogP) is -1.24. The van der Waals surface area contributed by atoms with E-state index in [1.807, 2.05) is 0 Å². The van der Waals surface area contributed by atoms with Gasteiger partial charge in [0, 0.05) is 0 Å². The molecule has 0 bridgehead atoms. The largest absolute Gasteiger partial charge is 0.467 e. The molecule has 0 aromatic carbocycles. The van der Waals surface area contributed by atoms with Crippen LogP contribution in [-0.2, 0) is 19.1 Å². The average molecular weight is 317 g/mol. The molecule has 0 unspecified atom stereocenters. The van der Waals surface area contributed by atoms with Gasteiger partial charge in [-0.05, 0) is 11.8 Å². The highest BCUT2D eigenvalue weighted by atomic mass is 16.5. The van der Waals surface area contributed by atoms with Gasteiger partial charge >= 0.3 is 5.97 Å². The summed E-state index contributed by atoms with van der Waals surface area (Å²) in [5.74, 6) is -2.07. The highest BCUT2D eigenvalue weighted by Gasteiger charge is 2.31. The molecule has 0 saturated heterocycles. The number of ether oxygens (including phenoxy) is 1. The summed E-state index contributed by atoms with van der Waals surface area (Å²) >= 11 is 0. The van der Waals surface area contributed by atoms with Crippen LogP contribution in [0.1, 0.15) is 27.7 Å². The molecule has 8 nitrogen and oxygen atoms in total. The smallest absolute Gasteiger partial charge is 0.328 e. The second-order valence-electron chi connectivity index (χ2n) is 5.77. The van der Waals surface area contributed by atoms with E-state index in [4.69, 9.17) is 10.8 Å². The molecule has 8 heteroatoms. The topological polar surface area (TPSA) is 131 Å². The van der Waals surface area contributed by atoms with E-state index >= 15 is 0 Å². The third-order valence-corrected chi connectivity index (χ3v) is 3.20. The predicted molar refractivity (Wildman–Crippen MR) is 80.6 cm³/mol. The highest BCUT2D eigenvalue weighted by molar-refractivity contribution is 5.92. The van der Waals surface area contributed by atoms with Crippen molar-refractivity contribution < 1.29 is 24.2 Å². The number of esters is 1. The number of aliphatic hydroxyl groups excluding tert-OH is 1. The zero-order chi connectivity index (χ0) is 17.4. The van der Waals surface area contributed by atoms with Crippen LogP contribution in [0.2, 0.25) is 0 Å². The number of hydrogen-bond acceptors (Lipinski definition) is 6. The molecule has 0 aliphatic heterocycles. The zero-order valence-electron chi connectivity index (χ0n) is 13.8. The van der Waals surface area contributed by atoms with Crippen molar-refractivity contribution >= 4 is 17.8 Å². The van der Waals surface area contributed by atoms with E-state index < -0.39 is 42.5 Å². The Morgan fingerprint density at radius 2 is 1.45 bits per heavy atom. The van der Waals surface area contributed by atoms with Crippen LogP contribution in [0.5, 0.6) is 0 Å². The minimum Gasteiger partial charge on any atom is -0.467 e. The van der Waals surface area contributed by atoms with E-state index in [2.05, 4.69) is 15.4 Å². The first kappa shape index (κ1) is 20.3. The van der Waals surface area contributed by atoms with Gasteiger partial charge in [-0.3, -0.25) is 9.59 Å². The first-order chi connectivity index (χ1) is 10.1. The van der Waals surface area contributed by atoms with Crippen molar-refractivity contribution in [3.63, 3.8) is 0 Å². The Balaban J connectivity index is 4.99. The molecule has 128 valence electrons. The molecule has 0 spiro atoms. The lowest BCUT2D eigenvalue weighted by molar-refractivity contribution is -0.146. The Morgan fingerprint density at radius 3 is 1.82 bits per heavy atom. The first-order valence-corrected chi connectivity index (χ1v) is 7.20. The second-order valence-corrected chi connectivity index (χ2v) is 5.77. The SMILES string of the molecule is COC(=O)[C@@H](NC(=O)[C@@H](NC(=O)[C@@H](N)CO)C(C)C)C(C)C. The molecule has 22 heavy (non-hydrogen) atoms. The first-order valence-electron chi connectivity index (χ1n) is 7.20. The summed E-state index contributed by atoms with van der Waals surface area (Å²) in [6.07, 6.45) is 0. The summed E-state index contributed by atoms with van der Waals surface area (Å²) in [6, 6.07) is -2.77. The number of hydrogen-bond donors (Lipinski definition) is 4. The van der Waals surface area contributed by atoms with Crippen molar-refractivity contribution in [1.29, 1.82) is 0 Å². The molecule has 0 aromatic rings. The lowest BCUT2D eigenvalue weighted by atomic mass is 10.00. The molecule has 0 aliphatic carbocycles. The van der Waals surface area contributed by atoms with E-state index in [0.717, 1.165) is 0 Å². The van der Waals surface area contributed by atoms with Crippen LogP contribution < -0.4 is 16.4 Å². The Bertz CT molecular complexity index is 398. The molecule has 2 amide bonds. The van der Waals surface area contributed by atoms with Gasteiger partial charge < -0.3 is 26.2 Å². The number of carbonyl (C=O) groups excluding carboxylic acids is 3. The van der Waals surface area contributed by atoms with Crippen molar-refractivity contribution in [3.8, 4) is 0 Å². The number of nitrogens with one attached hydrogen (secondary N) is 2. The van der Waals surface area contributed by atoms with Crippen LogP contribution in [0.3, 0.4) is 0 Å². The lowest BCUT2D eigenvalue weighted by Crippen LogP contribution is -2.57. The van der Waals surface area contributed by atoms with E-state index in [1.54, 1.807) is 27.7 Å². The van der Waals surface area contributed by atoms with Crippen molar-refractivity contribution in [1.82, 2.24) is 10.6 Å². The molecule has 0 aliphatic rings. The number of rotatable bonds is 8. The monoisotopic (exact) mass is 317 g/mol. The molecule has 0 radical (unpaired) electrons. The van der Waals surface area contributed by atoms with E-state index in [0.29, 0.717) is 0 Å². The molecule has 0 rings (SSSR count). The van der Waals surface area contributed by atoms with Crippen LogP contribution >= 0.6 is 0 Å². The fourth-order valence-corrected chi connectivity index (χ4v) is 1.75. The van der Waals surface area contributed by atoms with Gasteiger partial charge in [-0.1, -0.05) is 27.7 Å². The zero-order valence-corrected chi connectivity index (χ0v) is 13.8. The van der Waals surface area contributed by atoms with Gasteiger partial charge in [0.1, 0.15) is 18.1 Å². The van der Waals surface area contributed by atoms with Gasteiger partial charge in [0.25, 0.3) is 0 Å². The van der Waals surface area contributed by atoms with Crippen molar-refractivity contribution in [2.45, 2.75) is 45.8 Å². The summed E-state index contributed by atoms with van der Waals surface area (Å²) in [6.45, 7) is 6.52. The van der Waals surface area contributed by atoms with Crippen molar-refractivity contribution in [2.24, 2.45) is 17.6 Å². The summed E-state index contributed by atoms with van der Waals surface area (Å²) < 4.78 is 4.66. The van der Waals surface area contributed by atoms with E-state index in [-0.39, 0.29) is 11.8 Å². The third kappa shape index (κ3) is 5.98. The maximum Gasteiger partial charge on any atom is 0.328 e. The van der Waals surface area contributed by atoms with Gasteiger partial charge in [0.05, 0.1) is 13.7 Å². The Morgan fingerprint density at radius 1 is 1.00 bits per heavy atom. The molecule has 5 N–H and O–H groups in total. The summed E-state index contributed by atoms with van der Waals surface area (Å²) in [7, 11) is 1.24. The molecular weight excluding hydrogens is 290 g/mol. The van der Waals surface area contributed by atoms with Crippen LogP contribution in [0.15, 0.2) is 0 Å². The van der Waals surface area contributed by atoms with Crippen molar-refractivity contribution in [3.05, 3.63) is 0 Å². The average Bonchev–Trinajstić information content (AvgIpc) is 2.47. The van der Waals surface area contributed by atoms with Crippen LogP contribution in [-0.4, -0.2) is 54.7 Å². The molecular formula is C14H27N3O5. The number of nitrogens with two attached hydrogens (primary N) is 1. The lowest BCUT2D eigenvalue weighted by Gasteiger charge is -2.26. The molecule has 0 aromatic heterocycles. The van der Waals surface area contributed by atoms with Crippen molar-refractivity contribution in [2.75, 3.05) is 13.7 Å². The molecule has 0 heterocycles. The molecule has 3 atom stereocenters. The quantitative estimate of drug-likeness (QED) is 0.414. The van der Waals surface area contributed by atoms with Gasteiger partial charge in [-0.2, -0.15) is 0 Å². The molecule has 0 saturated carbocycles. The normalized spacial score (nSPS) is 15.1. The van der Waals surface area contributed by atoms with Crippen LogP contribution in [0.4, 0.5) is 0 Å². The Labute approximate surface area is 130 Å². The number of aliphatic hydroxyl groups is 1. The fraction of sp³-hybridized carbons (Fsp3) is 0.786. The highest BCUT2D eigenvalue weighted by Crippen LogP contribution is 2.07. The standard InChI is InChI=1S/C14H27N3O5/c1-7(2)10(16-12(19)9(15)6-18)13(20)17-11(8(3)4)14(21)22-5/h7-11,18H,6,15H2,1-5H3,(H,16,19)(H,17,20)/t9-,10-,11-/m0/s1. The number of methoxy groups -OCH3 is 1. The van der Waals surface area contributed by atoms with Crippen LogP contribution in [0, 0.1) is 11.8 Å². The maximum atomic E-state index is 12.3. The van der Waals surface area contributed by atoms with E-state index in [9.17, 15) is 14.4 Å². The van der Waals surface area contributed by atoms with Crippen LogP contribution in [0.25, 0.3) is 0 Å². The van der Waals surface area contributed by atoms with Gasteiger partial charge in [-0.15, -0.1) is 0 Å². The molecule has 0 fully saturated rings. The Hall–Kier alpha value is -1.67. The summed E-state index contributed by atoms with van der Waals surface area (Å²) in [4.78, 5) is 35.7. The Kier molecular flexibility index (Phi) is 8.66. The number of carbonyl (C=O) groups is 3. The van der Waals surface area contributed by atoms with Gasteiger partial charge in [0.2, 0.25) is 11.8 Å². The van der Waals surface area contributed by atoms with Gasteiger partial charge in [-0.25, -0.2) is 4.79 Å². The fourth-order valence-electron chi connectivity index (χ4n) is 1.75. The third-order valence-electron chi connectivity index (χ3n) is 3.20. The number of amides is 2. The second kappa shape index (κ2) is 9.37.